The smallest absolute Gasteiger partial charge is 0.0884 e. The maximum atomic E-state index is 2.38. The highest BCUT2D eigenvalue weighted by molar-refractivity contribution is 4.69. The van der Waals surface area contributed by atoms with E-state index in [0.717, 1.165) is 16.4 Å². The van der Waals surface area contributed by atoms with E-state index in [0.29, 0.717) is 0 Å². The second-order valence-corrected chi connectivity index (χ2v) is 5.03. The Morgan fingerprint density at radius 3 is 1.73 bits per heavy atom. The van der Waals surface area contributed by atoms with Crippen molar-refractivity contribution in [2.75, 3.05) is 21.1 Å². The van der Waals surface area contributed by atoms with Crippen molar-refractivity contribution in [2.45, 2.75) is 38.6 Å². The molecule has 1 rings (SSSR count). The van der Waals surface area contributed by atoms with Crippen molar-refractivity contribution in [2.24, 2.45) is 5.92 Å². The molecule has 0 heterocycles. The largest absolute Gasteiger partial charge is 0.328 e. The van der Waals surface area contributed by atoms with Crippen molar-refractivity contribution in [3.63, 3.8) is 0 Å². The van der Waals surface area contributed by atoms with Crippen molar-refractivity contribution >= 4 is 0 Å². The van der Waals surface area contributed by atoms with Crippen LogP contribution in [0.2, 0.25) is 0 Å². The van der Waals surface area contributed by atoms with Gasteiger partial charge in [-0.15, -0.1) is 0 Å². The molecule has 0 saturated heterocycles. The zero-order valence-electron chi connectivity index (χ0n) is 8.43. The molecule has 0 N–H and O–H groups in total. The lowest BCUT2D eigenvalue weighted by Crippen LogP contribution is -2.46. The van der Waals surface area contributed by atoms with Gasteiger partial charge >= 0.3 is 0 Å². The Hall–Kier alpha value is -0.0400. The molecule has 1 aliphatic rings. The summed E-state index contributed by atoms with van der Waals surface area (Å²) in [4.78, 5) is 0. The van der Waals surface area contributed by atoms with Crippen LogP contribution in [0, 0.1) is 5.92 Å². The standard InChI is InChI=1S/C10H22N/c1-9-5-7-10(8-6-9)11(2,3)4/h9-10H,5-8H2,1-4H3/q+1. The van der Waals surface area contributed by atoms with Crippen molar-refractivity contribution in [3.8, 4) is 0 Å². The topological polar surface area (TPSA) is 0 Å². The molecule has 0 aromatic rings. The van der Waals surface area contributed by atoms with Crippen LogP contribution in [0.15, 0.2) is 0 Å². The molecule has 0 aliphatic heterocycles. The summed E-state index contributed by atoms with van der Waals surface area (Å²) in [7, 11) is 6.96. The Kier molecular flexibility index (Phi) is 2.58. The number of quaternary nitrogens is 1. The van der Waals surface area contributed by atoms with Gasteiger partial charge < -0.3 is 4.48 Å². The maximum Gasteiger partial charge on any atom is 0.0884 e. The fraction of sp³-hybridized carbons (Fsp3) is 1.00. The average Bonchev–Trinajstić information content (AvgIpc) is 1.86. The van der Waals surface area contributed by atoms with Gasteiger partial charge in [0.2, 0.25) is 0 Å². The zero-order chi connectivity index (χ0) is 8.48. The summed E-state index contributed by atoms with van der Waals surface area (Å²) in [5.41, 5.74) is 0. The summed E-state index contributed by atoms with van der Waals surface area (Å²) >= 11 is 0. The van der Waals surface area contributed by atoms with Gasteiger partial charge in [-0.2, -0.15) is 0 Å². The van der Waals surface area contributed by atoms with Crippen LogP contribution >= 0.6 is 0 Å². The van der Waals surface area contributed by atoms with E-state index < -0.39 is 0 Å². The molecule has 0 aromatic heterocycles. The van der Waals surface area contributed by atoms with Crippen LogP contribution in [0.25, 0.3) is 0 Å². The van der Waals surface area contributed by atoms with Crippen molar-refractivity contribution in [1.29, 1.82) is 0 Å². The average molecular weight is 156 g/mol. The Bertz CT molecular complexity index is 115. The second-order valence-electron chi connectivity index (χ2n) is 5.03. The molecular weight excluding hydrogens is 134 g/mol. The normalized spacial score (nSPS) is 33.8. The van der Waals surface area contributed by atoms with Gasteiger partial charge in [-0.3, -0.25) is 0 Å². The summed E-state index contributed by atoms with van der Waals surface area (Å²) in [6.45, 7) is 2.38. The lowest BCUT2D eigenvalue weighted by atomic mass is 9.86. The van der Waals surface area contributed by atoms with Gasteiger partial charge in [0.25, 0.3) is 0 Å². The third kappa shape index (κ3) is 2.48. The number of hydrogen-bond acceptors (Lipinski definition) is 0. The molecule has 0 radical (unpaired) electrons. The molecule has 1 aliphatic carbocycles. The van der Waals surface area contributed by atoms with E-state index in [1.165, 1.54) is 25.7 Å². The van der Waals surface area contributed by atoms with Crippen LogP contribution in [0.4, 0.5) is 0 Å². The van der Waals surface area contributed by atoms with E-state index in [2.05, 4.69) is 28.1 Å². The molecule has 0 spiro atoms. The number of rotatable bonds is 1. The van der Waals surface area contributed by atoms with E-state index in [4.69, 9.17) is 0 Å². The minimum atomic E-state index is 0.922. The Balaban J connectivity index is 2.39. The van der Waals surface area contributed by atoms with Crippen molar-refractivity contribution in [1.82, 2.24) is 0 Å². The fourth-order valence-corrected chi connectivity index (χ4v) is 2.02. The van der Waals surface area contributed by atoms with Crippen LogP contribution in [0.1, 0.15) is 32.6 Å². The maximum absolute atomic E-state index is 2.38. The molecule has 0 bridgehead atoms. The predicted molar refractivity (Wildman–Crippen MR) is 49.5 cm³/mol. The Labute approximate surface area is 71.0 Å². The molecule has 11 heavy (non-hydrogen) atoms. The monoisotopic (exact) mass is 156 g/mol. The van der Waals surface area contributed by atoms with Gasteiger partial charge in [0.15, 0.2) is 0 Å². The molecule has 1 saturated carbocycles. The fourth-order valence-electron chi connectivity index (χ4n) is 2.02. The lowest BCUT2D eigenvalue weighted by Gasteiger charge is -2.38. The molecule has 0 atom stereocenters. The van der Waals surface area contributed by atoms with Gasteiger partial charge in [-0.25, -0.2) is 0 Å². The summed E-state index contributed by atoms with van der Waals surface area (Å²) < 4.78 is 1.16. The lowest BCUT2D eigenvalue weighted by molar-refractivity contribution is -0.897. The Morgan fingerprint density at radius 2 is 1.36 bits per heavy atom. The molecule has 0 amide bonds. The number of nitrogens with zero attached hydrogens (tertiary/aromatic N) is 1. The third-order valence-corrected chi connectivity index (χ3v) is 3.08. The van der Waals surface area contributed by atoms with E-state index in [-0.39, 0.29) is 0 Å². The molecule has 1 heteroatoms. The first-order valence-electron chi connectivity index (χ1n) is 4.81. The molecule has 66 valence electrons. The zero-order valence-corrected chi connectivity index (χ0v) is 8.43. The van der Waals surface area contributed by atoms with Crippen LogP contribution in [-0.2, 0) is 0 Å². The van der Waals surface area contributed by atoms with Crippen LogP contribution in [0.5, 0.6) is 0 Å². The highest BCUT2D eigenvalue weighted by Gasteiger charge is 2.27. The molecule has 1 nitrogen and oxygen atoms in total. The van der Waals surface area contributed by atoms with E-state index in [9.17, 15) is 0 Å². The summed E-state index contributed by atoms with van der Waals surface area (Å²) in [5, 5.41) is 0. The molecule has 1 fully saturated rings. The van der Waals surface area contributed by atoms with E-state index in [1.54, 1.807) is 0 Å². The first kappa shape index (κ1) is 9.05. The van der Waals surface area contributed by atoms with Crippen LogP contribution in [-0.4, -0.2) is 31.7 Å². The van der Waals surface area contributed by atoms with Gasteiger partial charge in [-0.05, 0) is 31.6 Å². The van der Waals surface area contributed by atoms with Gasteiger partial charge in [0.05, 0.1) is 27.2 Å². The van der Waals surface area contributed by atoms with Crippen LogP contribution < -0.4 is 0 Å². The predicted octanol–water partition coefficient (Wildman–Crippen LogP) is 2.27. The van der Waals surface area contributed by atoms with Crippen molar-refractivity contribution in [3.05, 3.63) is 0 Å². The number of hydrogen-bond donors (Lipinski definition) is 0. The van der Waals surface area contributed by atoms with Gasteiger partial charge in [-0.1, -0.05) is 6.92 Å². The van der Waals surface area contributed by atoms with Crippen molar-refractivity contribution < 1.29 is 4.48 Å². The minimum absolute atomic E-state index is 0.922. The first-order valence-corrected chi connectivity index (χ1v) is 4.81. The van der Waals surface area contributed by atoms with E-state index >= 15 is 0 Å². The highest BCUT2D eigenvalue weighted by Crippen LogP contribution is 2.28. The molecule has 0 aromatic carbocycles. The Morgan fingerprint density at radius 1 is 0.909 bits per heavy atom. The minimum Gasteiger partial charge on any atom is -0.328 e. The summed E-state index contributed by atoms with van der Waals surface area (Å²) in [6, 6.07) is 0.922. The second kappa shape index (κ2) is 3.14. The molecule has 0 unspecified atom stereocenters. The van der Waals surface area contributed by atoms with Gasteiger partial charge in [0.1, 0.15) is 0 Å². The third-order valence-electron chi connectivity index (χ3n) is 3.08. The summed E-state index contributed by atoms with van der Waals surface area (Å²) in [6.07, 6.45) is 5.76. The SMILES string of the molecule is CC1CCC([N+](C)(C)C)CC1. The summed E-state index contributed by atoms with van der Waals surface area (Å²) in [5.74, 6) is 0.984. The quantitative estimate of drug-likeness (QED) is 0.511. The van der Waals surface area contributed by atoms with E-state index in [1.807, 2.05) is 0 Å². The van der Waals surface area contributed by atoms with Crippen LogP contribution in [0.3, 0.4) is 0 Å². The highest BCUT2D eigenvalue weighted by atomic mass is 15.3. The van der Waals surface area contributed by atoms with Gasteiger partial charge in [0, 0.05) is 0 Å². The molecular formula is C10H22N+. The first-order chi connectivity index (χ1) is 5.00.